The molecule has 4 nitrogen and oxygen atoms in total. The van der Waals surface area contributed by atoms with Crippen molar-refractivity contribution >= 4 is 6.09 Å². The molecule has 1 amide bonds. The molecule has 1 N–H and O–H groups in total. The van der Waals surface area contributed by atoms with Crippen molar-refractivity contribution in [3.63, 3.8) is 0 Å². The van der Waals surface area contributed by atoms with E-state index in [4.69, 9.17) is 5.11 Å². The predicted molar refractivity (Wildman–Crippen MR) is 69.3 cm³/mol. The van der Waals surface area contributed by atoms with E-state index in [0.717, 1.165) is 31.8 Å². The van der Waals surface area contributed by atoms with Crippen LogP contribution in [-0.4, -0.2) is 54.2 Å². The number of amides is 1. The monoisotopic (exact) mass is 242 g/mol. The third-order valence-electron chi connectivity index (χ3n) is 3.64. The van der Waals surface area contributed by atoms with Gasteiger partial charge in [0, 0.05) is 13.1 Å². The molecule has 17 heavy (non-hydrogen) atoms. The number of likely N-dealkylation sites (tertiary alicyclic amines) is 1. The van der Waals surface area contributed by atoms with Crippen molar-refractivity contribution in [1.29, 1.82) is 0 Å². The number of nitrogens with zero attached hydrogens (tertiary/aromatic N) is 2. The minimum atomic E-state index is -0.758. The van der Waals surface area contributed by atoms with Crippen LogP contribution in [0.15, 0.2) is 0 Å². The Labute approximate surface area is 105 Å². The average molecular weight is 242 g/mol. The first-order valence-electron chi connectivity index (χ1n) is 6.80. The first-order chi connectivity index (χ1) is 8.13. The molecule has 0 atom stereocenters. The molecular formula is C13H26N2O2. The lowest BCUT2D eigenvalue weighted by atomic mass is 9.92. The van der Waals surface area contributed by atoms with E-state index < -0.39 is 6.09 Å². The fraction of sp³-hybridized carbons (Fsp3) is 0.923. The van der Waals surface area contributed by atoms with Crippen LogP contribution in [-0.2, 0) is 0 Å². The number of hydrogen-bond acceptors (Lipinski definition) is 2. The Morgan fingerprint density at radius 3 is 2.53 bits per heavy atom. The van der Waals surface area contributed by atoms with Crippen molar-refractivity contribution in [3.05, 3.63) is 0 Å². The molecular weight excluding hydrogens is 216 g/mol. The largest absolute Gasteiger partial charge is 0.465 e. The topological polar surface area (TPSA) is 43.8 Å². The van der Waals surface area contributed by atoms with Crippen molar-refractivity contribution < 1.29 is 9.90 Å². The molecule has 0 bridgehead atoms. The Hall–Kier alpha value is -0.770. The predicted octanol–water partition coefficient (Wildman–Crippen LogP) is 2.50. The van der Waals surface area contributed by atoms with E-state index in [-0.39, 0.29) is 0 Å². The van der Waals surface area contributed by atoms with E-state index in [1.165, 1.54) is 32.4 Å². The number of carboxylic acid groups (broad SMARTS) is 1. The van der Waals surface area contributed by atoms with Gasteiger partial charge in [-0.05, 0) is 58.2 Å². The summed E-state index contributed by atoms with van der Waals surface area (Å²) < 4.78 is 0. The summed E-state index contributed by atoms with van der Waals surface area (Å²) in [4.78, 5) is 14.7. The fourth-order valence-electron chi connectivity index (χ4n) is 2.56. The van der Waals surface area contributed by atoms with Crippen LogP contribution in [0.1, 0.15) is 39.0 Å². The maximum Gasteiger partial charge on any atom is 0.407 e. The van der Waals surface area contributed by atoms with Gasteiger partial charge in [-0.1, -0.05) is 6.92 Å². The molecule has 0 aromatic carbocycles. The standard InChI is InChI=1S/C13H26N2O2/c1-3-8-14(2)9-4-5-12-6-10-15(11-7-12)13(16)17/h12H,3-11H2,1-2H3,(H,16,17). The summed E-state index contributed by atoms with van der Waals surface area (Å²) >= 11 is 0. The second kappa shape index (κ2) is 7.54. The molecule has 1 fully saturated rings. The number of carbonyl (C=O) groups is 1. The molecule has 0 saturated carbocycles. The highest BCUT2D eigenvalue weighted by Crippen LogP contribution is 2.21. The zero-order valence-electron chi connectivity index (χ0n) is 11.2. The highest BCUT2D eigenvalue weighted by atomic mass is 16.4. The van der Waals surface area contributed by atoms with Gasteiger partial charge in [-0.15, -0.1) is 0 Å². The number of hydrogen-bond donors (Lipinski definition) is 1. The first kappa shape index (κ1) is 14.3. The minimum Gasteiger partial charge on any atom is -0.465 e. The van der Waals surface area contributed by atoms with Crippen LogP contribution in [0.3, 0.4) is 0 Å². The van der Waals surface area contributed by atoms with Crippen molar-refractivity contribution in [1.82, 2.24) is 9.80 Å². The van der Waals surface area contributed by atoms with Crippen LogP contribution in [0.2, 0.25) is 0 Å². The van der Waals surface area contributed by atoms with Gasteiger partial charge >= 0.3 is 6.09 Å². The van der Waals surface area contributed by atoms with Gasteiger partial charge in [-0.2, -0.15) is 0 Å². The molecule has 1 aliphatic rings. The van der Waals surface area contributed by atoms with Crippen molar-refractivity contribution in [3.8, 4) is 0 Å². The van der Waals surface area contributed by atoms with Gasteiger partial charge < -0.3 is 14.9 Å². The van der Waals surface area contributed by atoms with Gasteiger partial charge in [0.25, 0.3) is 0 Å². The molecule has 0 aliphatic carbocycles. The third kappa shape index (κ3) is 5.39. The van der Waals surface area contributed by atoms with Gasteiger partial charge in [-0.3, -0.25) is 0 Å². The van der Waals surface area contributed by atoms with Gasteiger partial charge in [0.2, 0.25) is 0 Å². The van der Waals surface area contributed by atoms with Gasteiger partial charge in [0.15, 0.2) is 0 Å². The summed E-state index contributed by atoms with van der Waals surface area (Å²) in [7, 11) is 2.18. The average Bonchev–Trinajstić information content (AvgIpc) is 2.30. The smallest absolute Gasteiger partial charge is 0.407 e. The van der Waals surface area contributed by atoms with Crippen molar-refractivity contribution in [2.75, 3.05) is 33.2 Å². The second-order valence-electron chi connectivity index (χ2n) is 5.16. The van der Waals surface area contributed by atoms with Crippen LogP contribution >= 0.6 is 0 Å². The van der Waals surface area contributed by atoms with Crippen LogP contribution in [0.5, 0.6) is 0 Å². The van der Waals surface area contributed by atoms with Crippen LogP contribution < -0.4 is 0 Å². The zero-order chi connectivity index (χ0) is 12.7. The Balaban J connectivity index is 2.08. The molecule has 1 heterocycles. The third-order valence-corrected chi connectivity index (χ3v) is 3.64. The number of piperidine rings is 1. The van der Waals surface area contributed by atoms with E-state index in [2.05, 4.69) is 18.9 Å². The molecule has 4 heteroatoms. The van der Waals surface area contributed by atoms with Crippen LogP contribution in [0.4, 0.5) is 4.79 Å². The summed E-state index contributed by atoms with van der Waals surface area (Å²) in [5.74, 6) is 0.737. The maximum absolute atomic E-state index is 10.8. The summed E-state index contributed by atoms with van der Waals surface area (Å²) in [6.45, 7) is 6.01. The van der Waals surface area contributed by atoms with Crippen LogP contribution in [0.25, 0.3) is 0 Å². The first-order valence-corrected chi connectivity index (χ1v) is 6.80. The molecule has 0 aromatic rings. The maximum atomic E-state index is 10.8. The second-order valence-corrected chi connectivity index (χ2v) is 5.16. The van der Waals surface area contributed by atoms with Gasteiger partial charge in [-0.25, -0.2) is 4.79 Å². The van der Waals surface area contributed by atoms with Crippen LogP contribution in [0, 0.1) is 5.92 Å². The molecule has 0 spiro atoms. The zero-order valence-corrected chi connectivity index (χ0v) is 11.2. The lowest BCUT2D eigenvalue weighted by Crippen LogP contribution is -2.37. The Kier molecular flexibility index (Phi) is 6.34. The molecule has 100 valence electrons. The van der Waals surface area contributed by atoms with Crippen molar-refractivity contribution in [2.45, 2.75) is 39.0 Å². The Bertz CT molecular complexity index is 225. The Morgan fingerprint density at radius 2 is 2.00 bits per heavy atom. The molecule has 0 unspecified atom stereocenters. The van der Waals surface area contributed by atoms with E-state index in [9.17, 15) is 4.79 Å². The quantitative estimate of drug-likeness (QED) is 0.778. The minimum absolute atomic E-state index is 0.727. The normalized spacial score (nSPS) is 17.7. The molecule has 0 radical (unpaired) electrons. The Morgan fingerprint density at radius 1 is 1.35 bits per heavy atom. The number of rotatable bonds is 6. The van der Waals surface area contributed by atoms with E-state index in [1.54, 1.807) is 4.90 Å². The molecule has 1 saturated heterocycles. The van der Waals surface area contributed by atoms with Gasteiger partial charge in [0.05, 0.1) is 0 Å². The highest BCUT2D eigenvalue weighted by molar-refractivity contribution is 5.64. The summed E-state index contributed by atoms with van der Waals surface area (Å²) in [6.07, 6.45) is 5.04. The lowest BCUT2D eigenvalue weighted by Gasteiger charge is -2.30. The van der Waals surface area contributed by atoms with E-state index >= 15 is 0 Å². The summed E-state index contributed by atoms with van der Waals surface area (Å²) in [5.41, 5.74) is 0. The highest BCUT2D eigenvalue weighted by Gasteiger charge is 2.21. The van der Waals surface area contributed by atoms with E-state index in [0.29, 0.717) is 0 Å². The lowest BCUT2D eigenvalue weighted by molar-refractivity contribution is 0.122. The van der Waals surface area contributed by atoms with E-state index in [1.807, 2.05) is 0 Å². The fourth-order valence-corrected chi connectivity index (χ4v) is 2.56. The summed E-state index contributed by atoms with van der Waals surface area (Å²) in [5, 5.41) is 8.85. The van der Waals surface area contributed by atoms with Crippen molar-refractivity contribution in [2.24, 2.45) is 5.92 Å². The molecule has 0 aromatic heterocycles. The molecule has 1 aliphatic heterocycles. The summed E-state index contributed by atoms with van der Waals surface area (Å²) in [6, 6.07) is 0. The van der Waals surface area contributed by atoms with Gasteiger partial charge in [0.1, 0.15) is 0 Å². The molecule has 1 rings (SSSR count). The SMILES string of the molecule is CCCN(C)CCCC1CCN(C(=O)O)CC1.